The van der Waals surface area contributed by atoms with Gasteiger partial charge in [0.1, 0.15) is 18.2 Å². The first-order valence-electron chi connectivity index (χ1n) is 6.67. The van der Waals surface area contributed by atoms with E-state index >= 15 is 0 Å². The van der Waals surface area contributed by atoms with Gasteiger partial charge in [-0.15, -0.1) is 0 Å². The standard InChI is InChI=1S/C16H20N2O/c1-3-10-17-16-9-5-7-14(18-16)12-19-15-8-4-6-13(2)11-15/h4-9,11H,3,10,12H2,1-2H3,(H,17,18). The largest absolute Gasteiger partial charge is 0.487 e. The Labute approximate surface area is 114 Å². The summed E-state index contributed by atoms with van der Waals surface area (Å²) >= 11 is 0. The van der Waals surface area contributed by atoms with Gasteiger partial charge < -0.3 is 10.1 Å². The lowest BCUT2D eigenvalue weighted by atomic mass is 10.2. The van der Waals surface area contributed by atoms with Crippen LogP contribution in [0, 0.1) is 6.92 Å². The molecule has 0 radical (unpaired) electrons. The van der Waals surface area contributed by atoms with Gasteiger partial charge in [0.05, 0.1) is 5.69 Å². The zero-order valence-electron chi connectivity index (χ0n) is 11.5. The van der Waals surface area contributed by atoms with Crippen molar-refractivity contribution in [2.24, 2.45) is 0 Å². The lowest BCUT2D eigenvalue weighted by molar-refractivity contribution is 0.301. The van der Waals surface area contributed by atoms with Crippen LogP contribution in [0.25, 0.3) is 0 Å². The van der Waals surface area contributed by atoms with Crippen molar-refractivity contribution in [1.29, 1.82) is 0 Å². The highest BCUT2D eigenvalue weighted by atomic mass is 16.5. The molecule has 0 spiro atoms. The third kappa shape index (κ3) is 4.28. The molecule has 0 saturated carbocycles. The predicted octanol–water partition coefficient (Wildman–Crippen LogP) is 3.79. The van der Waals surface area contributed by atoms with Gasteiger partial charge in [-0.3, -0.25) is 0 Å². The molecule has 100 valence electrons. The lowest BCUT2D eigenvalue weighted by Crippen LogP contribution is -2.04. The van der Waals surface area contributed by atoms with Crippen molar-refractivity contribution in [3.8, 4) is 5.75 Å². The number of hydrogen-bond acceptors (Lipinski definition) is 3. The third-order valence-electron chi connectivity index (χ3n) is 2.74. The van der Waals surface area contributed by atoms with Crippen LogP contribution >= 0.6 is 0 Å². The van der Waals surface area contributed by atoms with Crippen molar-refractivity contribution in [2.45, 2.75) is 26.9 Å². The summed E-state index contributed by atoms with van der Waals surface area (Å²) in [7, 11) is 0. The number of rotatable bonds is 6. The van der Waals surface area contributed by atoms with Gasteiger partial charge in [-0.2, -0.15) is 0 Å². The average Bonchev–Trinajstić information content (AvgIpc) is 2.43. The molecule has 0 saturated heterocycles. The maximum Gasteiger partial charge on any atom is 0.130 e. The van der Waals surface area contributed by atoms with Crippen LogP contribution in [-0.2, 0) is 6.61 Å². The Kier molecular flexibility index (Phi) is 4.78. The fraction of sp³-hybridized carbons (Fsp3) is 0.312. The first kappa shape index (κ1) is 13.4. The van der Waals surface area contributed by atoms with Crippen LogP contribution in [0.2, 0.25) is 0 Å². The molecule has 0 unspecified atom stereocenters. The molecule has 3 heteroatoms. The summed E-state index contributed by atoms with van der Waals surface area (Å²) in [6, 6.07) is 14.0. The summed E-state index contributed by atoms with van der Waals surface area (Å²) in [5, 5.41) is 3.28. The molecule has 3 nitrogen and oxygen atoms in total. The fourth-order valence-corrected chi connectivity index (χ4v) is 1.77. The number of aromatic nitrogens is 1. The van der Waals surface area contributed by atoms with Crippen molar-refractivity contribution in [3.05, 3.63) is 53.7 Å². The number of ether oxygens (including phenoxy) is 1. The maximum absolute atomic E-state index is 5.74. The summed E-state index contributed by atoms with van der Waals surface area (Å²) in [5.74, 6) is 1.79. The smallest absolute Gasteiger partial charge is 0.130 e. The van der Waals surface area contributed by atoms with Crippen molar-refractivity contribution in [3.63, 3.8) is 0 Å². The Morgan fingerprint density at radius 2 is 2.00 bits per heavy atom. The molecule has 0 aliphatic rings. The monoisotopic (exact) mass is 256 g/mol. The van der Waals surface area contributed by atoms with Crippen molar-refractivity contribution >= 4 is 5.82 Å². The van der Waals surface area contributed by atoms with E-state index in [1.807, 2.05) is 36.4 Å². The van der Waals surface area contributed by atoms with Gasteiger partial charge in [-0.05, 0) is 43.2 Å². The van der Waals surface area contributed by atoms with Crippen LogP contribution < -0.4 is 10.1 Å². The minimum atomic E-state index is 0.491. The Balaban J connectivity index is 1.95. The van der Waals surface area contributed by atoms with Gasteiger partial charge in [0.15, 0.2) is 0 Å². The van der Waals surface area contributed by atoms with Crippen LogP contribution in [0.15, 0.2) is 42.5 Å². The molecule has 1 aromatic heterocycles. The quantitative estimate of drug-likeness (QED) is 0.853. The van der Waals surface area contributed by atoms with Crippen LogP contribution in [0.1, 0.15) is 24.6 Å². The molecule has 0 bridgehead atoms. The second kappa shape index (κ2) is 6.78. The number of benzene rings is 1. The summed E-state index contributed by atoms with van der Waals surface area (Å²) in [4.78, 5) is 4.51. The number of aryl methyl sites for hydroxylation is 1. The molecule has 19 heavy (non-hydrogen) atoms. The molecule has 2 rings (SSSR count). The highest BCUT2D eigenvalue weighted by Gasteiger charge is 1.99. The molecule has 0 aliphatic carbocycles. The molecule has 0 aliphatic heterocycles. The Bertz CT molecular complexity index is 526. The Morgan fingerprint density at radius 1 is 1.16 bits per heavy atom. The SMILES string of the molecule is CCCNc1cccc(COc2cccc(C)c2)n1. The minimum Gasteiger partial charge on any atom is -0.487 e. The minimum absolute atomic E-state index is 0.491. The Morgan fingerprint density at radius 3 is 2.79 bits per heavy atom. The number of nitrogens with zero attached hydrogens (tertiary/aromatic N) is 1. The molecule has 1 aromatic carbocycles. The van der Waals surface area contributed by atoms with Crippen LogP contribution in [0.5, 0.6) is 5.75 Å². The topological polar surface area (TPSA) is 34.1 Å². The van der Waals surface area contributed by atoms with Gasteiger partial charge in [0, 0.05) is 6.54 Å². The maximum atomic E-state index is 5.74. The first-order chi connectivity index (χ1) is 9.28. The first-order valence-corrected chi connectivity index (χ1v) is 6.67. The molecular weight excluding hydrogens is 236 g/mol. The van der Waals surface area contributed by atoms with E-state index in [1.165, 1.54) is 5.56 Å². The molecule has 1 heterocycles. The van der Waals surface area contributed by atoms with Crippen molar-refractivity contribution in [2.75, 3.05) is 11.9 Å². The molecule has 0 amide bonds. The summed E-state index contributed by atoms with van der Waals surface area (Å²) in [6.45, 7) is 5.62. The molecule has 2 aromatic rings. The second-order valence-corrected chi connectivity index (χ2v) is 4.55. The zero-order chi connectivity index (χ0) is 13.5. The van der Waals surface area contributed by atoms with Crippen molar-refractivity contribution in [1.82, 2.24) is 4.98 Å². The van der Waals surface area contributed by atoms with E-state index in [9.17, 15) is 0 Å². The van der Waals surface area contributed by atoms with E-state index in [-0.39, 0.29) is 0 Å². The lowest BCUT2D eigenvalue weighted by Gasteiger charge is -2.08. The fourth-order valence-electron chi connectivity index (χ4n) is 1.77. The van der Waals surface area contributed by atoms with E-state index in [1.54, 1.807) is 0 Å². The van der Waals surface area contributed by atoms with Gasteiger partial charge in [0.25, 0.3) is 0 Å². The third-order valence-corrected chi connectivity index (χ3v) is 2.74. The van der Waals surface area contributed by atoms with Crippen LogP contribution in [0.4, 0.5) is 5.82 Å². The number of pyridine rings is 1. The second-order valence-electron chi connectivity index (χ2n) is 4.55. The molecule has 1 N–H and O–H groups in total. The van der Waals surface area contributed by atoms with E-state index in [0.717, 1.165) is 30.2 Å². The molecule has 0 atom stereocenters. The highest BCUT2D eigenvalue weighted by molar-refractivity contribution is 5.35. The van der Waals surface area contributed by atoms with Gasteiger partial charge in [-0.25, -0.2) is 4.98 Å². The zero-order valence-corrected chi connectivity index (χ0v) is 11.5. The van der Waals surface area contributed by atoms with Gasteiger partial charge >= 0.3 is 0 Å². The van der Waals surface area contributed by atoms with Crippen LogP contribution in [-0.4, -0.2) is 11.5 Å². The van der Waals surface area contributed by atoms with Gasteiger partial charge in [0.2, 0.25) is 0 Å². The highest BCUT2D eigenvalue weighted by Crippen LogP contribution is 2.14. The molecule has 0 fully saturated rings. The Hall–Kier alpha value is -2.03. The van der Waals surface area contributed by atoms with Crippen molar-refractivity contribution < 1.29 is 4.74 Å². The van der Waals surface area contributed by atoms with E-state index < -0.39 is 0 Å². The normalized spacial score (nSPS) is 10.2. The average molecular weight is 256 g/mol. The predicted molar refractivity (Wildman–Crippen MR) is 78.5 cm³/mol. The number of hydrogen-bond donors (Lipinski definition) is 1. The van der Waals surface area contributed by atoms with Crippen LogP contribution in [0.3, 0.4) is 0 Å². The summed E-state index contributed by atoms with van der Waals surface area (Å²) in [6.07, 6.45) is 1.09. The summed E-state index contributed by atoms with van der Waals surface area (Å²) in [5.41, 5.74) is 2.13. The summed E-state index contributed by atoms with van der Waals surface area (Å²) < 4.78 is 5.74. The van der Waals surface area contributed by atoms with E-state index in [4.69, 9.17) is 4.74 Å². The van der Waals surface area contributed by atoms with E-state index in [0.29, 0.717) is 6.61 Å². The molecular formula is C16H20N2O. The van der Waals surface area contributed by atoms with E-state index in [2.05, 4.69) is 30.2 Å². The number of nitrogens with one attached hydrogen (secondary N) is 1. The number of anilines is 1. The van der Waals surface area contributed by atoms with Gasteiger partial charge in [-0.1, -0.05) is 25.1 Å².